The van der Waals surface area contributed by atoms with Gasteiger partial charge in [0.15, 0.2) is 5.78 Å². The van der Waals surface area contributed by atoms with Crippen molar-refractivity contribution >= 4 is 37.6 Å². The summed E-state index contributed by atoms with van der Waals surface area (Å²) in [5.74, 6) is 0.0981. The van der Waals surface area contributed by atoms with Gasteiger partial charge in [-0.15, -0.1) is 0 Å². The van der Waals surface area contributed by atoms with E-state index in [4.69, 9.17) is 0 Å². The minimum absolute atomic E-state index is 0.0981. The highest BCUT2D eigenvalue weighted by atomic mass is 79.9. The molecule has 2 rings (SSSR count). The smallest absolute Gasteiger partial charge is 0.168 e. The molecule has 0 radical (unpaired) electrons. The van der Waals surface area contributed by atoms with Gasteiger partial charge in [0.1, 0.15) is 0 Å². The quantitative estimate of drug-likeness (QED) is 0.710. The highest BCUT2D eigenvalue weighted by Crippen LogP contribution is 2.24. The molecule has 1 aromatic carbocycles. The van der Waals surface area contributed by atoms with E-state index in [9.17, 15) is 4.79 Å². The standard InChI is InChI=1S/C15H16Br2N2O/c1-4-19-13(15(17)10(3)18-19)8-14(20)11-6-5-9(2)12(16)7-11/h5-7H,4,8H2,1-3H3. The van der Waals surface area contributed by atoms with Crippen LogP contribution in [0, 0.1) is 13.8 Å². The molecule has 0 aliphatic rings. The molecule has 0 N–H and O–H groups in total. The average Bonchev–Trinajstić information content (AvgIpc) is 2.69. The van der Waals surface area contributed by atoms with E-state index < -0.39 is 0 Å². The molecule has 0 unspecified atom stereocenters. The zero-order valence-corrected chi connectivity index (χ0v) is 14.9. The van der Waals surface area contributed by atoms with Crippen molar-refractivity contribution in [3.63, 3.8) is 0 Å². The molecule has 0 spiro atoms. The first-order valence-electron chi connectivity index (χ1n) is 6.45. The summed E-state index contributed by atoms with van der Waals surface area (Å²) in [5, 5.41) is 4.42. The van der Waals surface area contributed by atoms with Gasteiger partial charge in [-0.1, -0.05) is 28.1 Å². The van der Waals surface area contributed by atoms with Gasteiger partial charge in [-0.3, -0.25) is 9.48 Å². The molecule has 0 saturated heterocycles. The first-order chi connectivity index (χ1) is 9.43. The van der Waals surface area contributed by atoms with Gasteiger partial charge in [0, 0.05) is 16.6 Å². The van der Waals surface area contributed by atoms with Gasteiger partial charge in [0.05, 0.1) is 22.3 Å². The third kappa shape index (κ3) is 3.04. The lowest BCUT2D eigenvalue weighted by molar-refractivity contribution is 0.0990. The highest BCUT2D eigenvalue weighted by Gasteiger charge is 2.17. The number of halogens is 2. The van der Waals surface area contributed by atoms with E-state index >= 15 is 0 Å². The monoisotopic (exact) mass is 398 g/mol. The van der Waals surface area contributed by atoms with Crippen LogP contribution in [0.25, 0.3) is 0 Å². The molecule has 5 heteroatoms. The fourth-order valence-electron chi connectivity index (χ4n) is 2.06. The Morgan fingerprint density at radius 3 is 2.60 bits per heavy atom. The summed E-state index contributed by atoms with van der Waals surface area (Å²) in [6.07, 6.45) is 0.352. The molecule has 1 aromatic heterocycles. The van der Waals surface area contributed by atoms with Gasteiger partial charge in [-0.2, -0.15) is 5.10 Å². The van der Waals surface area contributed by atoms with Gasteiger partial charge in [-0.05, 0) is 48.3 Å². The molecule has 0 aliphatic carbocycles. The molecule has 2 aromatic rings. The second kappa shape index (κ2) is 6.22. The summed E-state index contributed by atoms with van der Waals surface area (Å²) in [7, 11) is 0. The molecule has 0 atom stereocenters. The number of carbonyl (C=O) groups is 1. The number of rotatable bonds is 4. The summed E-state index contributed by atoms with van der Waals surface area (Å²) in [5.41, 5.74) is 3.69. The third-order valence-corrected chi connectivity index (χ3v) is 5.16. The number of hydrogen-bond donors (Lipinski definition) is 0. The molecule has 3 nitrogen and oxygen atoms in total. The first kappa shape index (κ1) is 15.4. The van der Waals surface area contributed by atoms with E-state index in [2.05, 4.69) is 37.0 Å². The summed E-state index contributed by atoms with van der Waals surface area (Å²) >= 11 is 6.99. The Morgan fingerprint density at radius 2 is 2.00 bits per heavy atom. The Bertz CT molecular complexity index is 662. The number of nitrogens with zero attached hydrogens (tertiary/aromatic N) is 2. The second-order valence-corrected chi connectivity index (χ2v) is 6.37. The van der Waals surface area contributed by atoms with Crippen LogP contribution in [0.1, 0.15) is 34.2 Å². The van der Waals surface area contributed by atoms with Crippen LogP contribution < -0.4 is 0 Å². The summed E-state index contributed by atoms with van der Waals surface area (Å²) in [6, 6.07) is 5.70. The van der Waals surface area contributed by atoms with E-state index in [0.29, 0.717) is 6.42 Å². The maximum Gasteiger partial charge on any atom is 0.168 e. The van der Waals surface area contributed by atoms with E-state index in [0.717, 1.165) is 38.0 Å². The summed E-state index contributed by atoms with van der Waals surface area (Å²) in [6.45, 7) is 6.72. The zero-order valence-electron chi connectivity index (χ0n) is 11.7. The number of Topliss-reactive ketones (excluding diaryl/α,β-unsaturated/α-hetero) is 1. The summed E-state index contributed by atoms with van der Waals surface area (Å²) < 4.78 is 3.77. The van der Waals surface area contributed by atoms with E-state index in [-0.39, 0.29) is 5.78 Å². The van der Waals surface area contributed by atoms with E-state index in [1.165, 1.54) is 0 Å². The van der Waals surface area contributed by atoms with Crippen LogP contribution in [0.2, 0.25) is 0 Å². The Kier molecular flexibility index (Phi) is 4.81. The SMILES string of the molecule is CCn1nc(C)c(Br)c1CC(=O)c1ccc(C)c(Br)c1. The Hall–Kier alpha value is -0.940. The largest absolute Gasteiger partial charge is 0.294 e. The maximum atomic E-state index is 12.4. The predicted molar refractivity (Wildman–Crippen MR) is 87.3 cm³/mol. The number of hydrogen-bond acceptors (Lipinski definition) is 2. The van der Waals surface area contributed by atoms with Gasteiger partial charge in [0.2, 0.25) is 0 Å². The maximum absolute atomic E-state index is 12.4. The van der Waals surface area contributed by atoms with Crippen molar-refractivity contribution in [2.75, 3.05) is 0 Å². The molecule has 0 aliphatic heterocycles. The topological polar surface area (TPSA) is 34.9 Å². The number of aryl methyl sites for hydroxylation is 3. The van der Waals surface area contributed by atoms with Crippen LogP contribution in [0.15, 0.2) is 27.1 Å². The lowest BCUT2D eigenvalue weighted by Crippen LogP contribution is -2.10. The third-order valence-electron chi connectivity index (χ3n) is 3.27. The van der Waals surface area contributed by atoms with Crippen LogP contribution in [0.5, 0.6) is 0 Å². The molecular formula is C15H16Br2N2O. The molecular weight excluding hydrogens is 384 g/mol. The zero-order chi connectivity index (χ0) is 14.9. The predicted octanol–water partition coefficient (Wildman–Crippen LogP) is 4.47. The van der Waals surface area contributed by atoms with Gasteiger partial charge < -0.3 is 0 Å². The number of aromatic nitrogens is 2. The molecule has 20 heavy (non-hydrogen) atoms. The molecule has 0 saturated carbocycles. The molecule has 0 fully saturated rings. The Balaban J connectivity index is 2.30. The van der Waals surface area contributed by atoms with Crippen molar-refractivity contribution in [3.05, 3.63) is 49.7 Å². The van der Waals surface area contributed by atoms with Crippen molar-refractivity contribution in [2.24, 2.45) is 0 Å². The number of carbonyl (C=O) groups excluding carboxylic acids is 1. The van der Waals surface area contributed by atoms with E-state index in [1.54, 1.807) is 0 Å². The average molecular weight is 400 g/mol. The lowest BCUT2D eigenvalue weighted by Gasteiger charge is -2.06. The number of ketones is 1. The minimum Gasteiger partial charge on any atom is -0.294 e. The first-order valence-corrected chi connectivity index (χ1v) is 8.03. The minimum atomic E-state index is 0.0981. The van der Waals surface area contributed by atoms with Crippen LogP contribution in [0.3, 0.4) is 0 Å². The van der Waals surface area contributed by atoms with Gasteiger partial charge >= 0.3 is 0 Å². The van der Waals surface area contributed by atoms with E-state index in [1.807, 2.05) is 43.7 Å². The van der Waals surface area contributed by atoms with Crippen molar-refractivity contribution in [3.8, 4) is 0 Å². The van der Waals surface area contributed by atoms with Gasteiger partial charge in [0.25, 0.3) is 0 Å². The van der Waals surface area contributed by atoms with Crippen LogP contribution in [0.4, 0.5) is 0 Å². The molecule has 106 valence electrons. The van der Waals surface area contributed by atoms with Gasteiger partial charge in [-0.25, -0.2) is 0 Å². The van der Waals surface area contributed by atoms with Crippen molar-refractivity contribution in [1.82, 2.24) is 9.78 Å². The lowest BCUT2D eigenvalue weighted by atomic mass is 10.0. The van der Waals surface area contributed by atoms with Crippen LogP contribution in [-0.4, -0.2) is 15.6 Å². The van der Waals surface area contributed by atoms with Crippen LogP contribution in [-0.2, 0) is 13.0 Å². The highest BCUT2D eigenvalue weighted by molar-refractivity contribution is 9.10. The Labute approximate surface area is 135 Å². The van der Waals surface area contributed by atoms with Crippen LogP contribution >= 0.6 is 31.9 Å². The molecule has 1 heterocycles. The molecule has 0 bridgehead atoms. The van der Waals surface area contributed by atoms with Crippen molar-refractivity contribution in [1.29, 1.82) is 0 Å². The fraction of sp³-hybridized carbons (Fsp3) is 0.333. The normalized spacial score (nSPS) is 10.8. The summed E-state index contributed by atoms with van der Waals surface area (Å²) in [4.78, 5) is 12.4. The molecule has 0 amide bonds. The fourth-order valence-corrected chi connectivity index (χ4v) is 2.86. The van der Waals surface area contributed by atoms with Crippen molar-refractivity contribution < 1.29 is 4.79 Å². The number of benzene rings is 1. The Morgan fingerprint density at radius 1 is 1.30 bits per heavy atom. The second-order valence-electron chi connectivity index (χ2n) is 4.73. The van der Waals surface area contributed by atoms with Crippen molar-refractivity contribution in [2.45, 2.75) is 33.7 Å².